The normalized spacial score (nSPS) is 10.9. The van der Waals surface area contributed by atoms with Crippen molar-refractivity contribution in [3.8, 4) is 5.69 Å². The van der Waals surface area contributed by atoms with Gasteiger partial charge in [0.05, 0.1) is 12.2 Å². The highest BCUT2D eigenvalue weighted by molar-refractivity contribution is 7.98. The zero-order valence-electron chi connectivity index (χ0n) is 20.0. The van der Waals surface area contributed by atoms with Crippen LogP contribution in [0.1, 0.15) is 35.0 Å². The van der Waals surface area contributed by atoms with Gasteiger partial charge in [0.2, 0.25) is 0 Å². The van der Waals surface area contributed by atoms with Crippen LogP contribution in [0.2, 0.25) is 5.02 Å². The number of hydrogen-bond acceptors (Lipinski definition) is 4. The second-order valence-corrected chi connectivity index (χ2v) is 9.58. The molecule has 2 amide bonds. The van der Waals surface area contributed by atoms with E-state index in [1.165, 1.54) is 11.1 Å². The van der Waals surface area contributed by atoms with Crippen molar-refractivity contribution in [2.75, 3.05) is 5.32 Å². The number of anilines is 1. The average molecular weight is 506 g/mol. The summed E-state index contributed by atoms with van der Waals surface area (Å²) in [5.41, 5.74) is 6.28. The smallest absolute Gasteiger partial charge is 0.319 e. The zero-order chi connectivity index (χ0) is 24.8. The van der Waals surface area contributed by atoms with Gasteiger partial charge in [0.1, 0.15) is 0 Å². The molecule has 6 nitrogen and oxygen atoms in total. The Morgan fingerprint density at radius 3 is 2.49 bits per heavy atom. The van der Waals surface area contributed by atoms with Crippen molar-refractivity contribution in [2.24, 2.45) is 0 Å². The first-order chi connectivity index (χ1) is 17.0. The number of carbonyl (C=O) groups is 1. The van der Waals surface area contributed by atoms with Crippen LogP contribution in [0.5, 0.6) is 0 Å². The maximum Gasteiger partial charge on any atom is 0.319 e. The van der Waals surface area contributed by atoms with Gasteiger partial charge in [0.25, 0.3) is 0 Å². The SMILES string of the molecule is CCc1ccccc1NC(=O)NCc1nnc(SCc2ccccc2C)n1-c1cc(Cl)ccc1C. The van der Waals surface area contributed by atoms with Crippen LogP contribution in [0.25, 0.3) is 5.69 Å². The Kier molecular flexibility index (Phi) is 8.10. The minimum atomic E-state index is -0.294. The van der Waals surface area contributed by atoms with Crippen LogP contribution in [0.15, 0.2) is 71.9 Å². The first kappa shape index (κ1) is 24.8. The molecule has 4 aromatic rings. The number of para-hydroxylation sites is 1. The summed E-state index contributed by atoms with van der Waals surface area (Å²) in [7, 11) is 0. The van der Waals surface area contributed by atoms with Crippen molar-refractivity contribution in [2.45, 2.75) is 44.6 Å². The number of aromatic nitrogens is 3. The molecule has 0 radical (unpaired) electrons. The molecule has 0 aliphatic rings. The van der Waals surface area contributed by atoms with E-state index in [4.69, 9.17) is 11.6 Å². The summed E-state index contributed by atoms with van der Waals surface area (Å²) in [5.74, 6) is 1.38. The Balaban J connectivity index is 1.57. The van der Waals surface area contributed by atoms with Gasteiger partial charge in [-0.1, -0.05) is 78.8 Å². The van der Waals surface area contributed by atoms with Gasteiger partial charge in [-0.3, -0.25) is 4.57 Å². The van der Waals surface area contributed by atoms with E-state index in [0.717, 1.165) is 39.8 Å². The molecule has 4 rings (SSSR count). The number of nitrogens with zero attached hydrogens (tertiary/aromatic N) is 3. The van der Waals surface area contributed by atoms with E-state index < -0.39 is 0 Å². The number of amides is 2. The Labute approximate surface area is 215 Å². The van der Waals surface area contributed by atoms with Crippen molar-refractivity contribution in [1.82, 2.24) is 20.1 Å². The zero-order valence-corrected chi connectivity index (χ0v) is 21.6. The number of urea groups is 1. The minimum absolute atomic E-state index is 0.212. The predicted octanol–water partition coefficient (Wildman–Crippen LogP) is 6.71. The molecular weight excluding hydrogens is 478 g/mol. The second kappa shape index (κ2) is 11.4. The number of halogens is 1. The molecule has 0 unspecified atom stereocenters. The Morgan fingerprint density at radius 2 is 1.71 bits per heavy atom. The Hall–Kier alpha value is -3.29. The Bertz CT molecular complexity index is 1340. The van der Waals surface area contributed by atoms with E-state index in [9.17, 15) is 4.79 Å². The number of rotatable bonds is 8. The Morgan fingerprint density at radius 1 is 0.971 bits per heavy atom. The molecule has 0 fully saturated rings. The lowest BCUT2D eigenvalue weighted by molar-refractivity contribution is 0.251. The van der Waals surface area contributed by atoms with Crippen LogP contribution < -0.4 is 10.6 Å². The van der Waals surface area contributed by atoms with Crippen LogP contribution in [0.4, 0.5) is 10.5 Å². The number of benzene rings is 3. The molecular formula is C27H28ClN5OS. The number of nitrogens with one attached hydrogen (secondary N) is 2. The van der Waals surface area contributed by atoms with Crippen molar-refractivity contribution in [3.05, 3.63) is 99.8 Å². The van der Waals surface area contributed by atoms with Crippen molar-refractivity contribution < 1.29 is 4.79 Å². The highest BCUT2D eigenvalue weighted by Crippen LogP contribution is 2.29. The van der Waals surface area contributed by atoms with Crippen molar-refractivity contribution >= 4 is 35.1 Å². The lowest BCUT2D eigenvalue weighted by Crippen LogP contribution is -2.29. The molecule has 180 valence electrons. The second-order valence-electron chi connectivity index (χ2n) is 8.20. The minimum Gasteiger partial charge on any atom is -0.331 e. The standard InChI is InChI=1S/C27H28ClN5OS/c1-4-20-10-7-8-12-23(20)30-26(34)29-16-25-31-32-27(35-17-21-11-6-5-9-18(21)2)33(25)24-15-22(28)14-13-19(24)3/h5-15H,4,16-17H2,1-3H3,(H2,29,30,34). The maximum absolute atomic E-state index is 12.7. The molecule has 1 heterocycles. The van der Waals surface area contributed by atoms with Gasteiger partial charge in [-0.25, -0.2) is 4.79 Å². The van der Waals surface area contributed by atoms with E-state index >= 15 is 0 Å². The van der Waals surface area contributed by atoms with Crippen LogP contribution in [0.3, 0.4) is 0 Å². The summed E-state index contributed by atoms with van der Waals surface area (Å²) >= 11 is 7.94. The topological polar surface area (TPSA) is 71.8 Å². The quantitative estimate of drug-likeness (QED) is 0.261. The fourth-order valence-electron chi connectivity index (χ4n) is 3.76. The molecule has 0 saturated heterocycles. The fourth-order valence-corrected chi connectivity index (χ4v) is 4.97. The number of hydrogen-bond donors (Lipinski definition) is 2. The van der Waals surface area contributed by atoms with Gasteiger partial charge in [-0.05, 0) is 60.7 Å². The van der Waals surface area contributed by atoms with Gasteiger partial charge in [-0.15, -0.1) is 10.2 Å². The first-order valence-electron chi connectivity index (χ1n) is 11.5. The lowest BCUT2D eigenvalue weighted by atomic mass is 10.1. The van der Waals surface area contributed by atoms with E-state index in [2.05, 4.69) is 46.8 Å². The molecule has 0 aliphatic carbocycles. The number of thioether (sulfide) groups is 1. The van der Waals surface area contributed by atoms with E-state index in [1.807, 2.05) is 66.1 Å². The molecule has 0 spiro atoms. The van der Waals surface area contributed by atoms with Gasteiger partial charge in [0.15, 0.2) is 11.0 Å². The van der Waals surface area contributed by atoms with Gasteiger partial charge < -0.3 is 10.6 Å². The molecule has 0 saturated carbocycles. The molecule has 0 bridgehead atoms. The highest BCUT2D eigenvalue weighted by Gasteiger charge is 2.18. The highest BCUT2D eigenvalue weighted by atomic mass is 35.5. The number of aryl methyl sites for hydroxylation is 3. The molecule has 0 aliphatic heterocycles. The largest absolute Gasteiger partial charge is 0.331 e. The van der Waals surface area contributed by atoms with Crippen LogP contribution in [-0.4, -0.2) is 20.8 Å². The van der Waals surface area contributed by atoms with Gasteiger partial charge in [0, 0.05) is 16.5 Å². The summed E-state index contributed by atoms with van der Waals surface area (Å²) in [6, 6.07) is 21.5. The third-order valence-corrected chi connectivity index (χ3v) is 7.00. The molecule has 1 aromatic heterocycles. The lowest BCUT2D eigenvalue weighted by Gasteiger charge is -2.15. The molecule has 0 atom stereocenters. The first-order valence-corrected chi connectivity index (χ1v) is 12.8. The van der Waals surface area contributed by atoms with Crippen LogP contribution in [-0.2, 0) is 18.7 Å². The third-order valence-electron chi connectivity index (χ3n) is 5.78. The van der Waals surface area contributed by atoms with Crippen molar-refractivity contribution in [3.63, 3.8) is 0 Å². The molecule has 35 heavy (non-hydrogen) atoms. The summed E-state index contributed by atoms with van der Waals surface area (Å²) < 4.78 is 1.98. The van der Waals surface area contributed by atoms with Gasteiger partial charge >= 0.3 is 6.03 Å². The predicted molar refractivity (Wildman–Crippen MR) is 144 cm³/mol. The maximum atomic E-state index is 12.7. The van der Waals surface area contributed by atoms with Crippen LogP contribution in [0, 0.1) is 13.8 Å². The molecule has 8 heteroatoms. The summed E-state index contributed by atoms with van der Waals surface area (Å²) in [5, 5.41) is 16.1. The van der Waals surface area contributed by atoms with Gasteiger partial charge in [-0.2, -0.15) is 0 Å². The van der Waals surface area contributed by atoms with E-state index in [0.29, 0.717) is 10.8 Å². The van der Waals surface area contributed by atoms with E-state index in [-0.39, 0.29) is 12.6 Å². The summed E-state index contributed by atoms with van der Waals surface area (Å²) in [6.45, 7) is 6.40. The van der Waals surface area contributed by atoms with Crippen molar-refractivity contribution in [1.29, 1.82) is 0 Å². The number of carbonyl (C=O) groups excluding carboxylic acids is 1. The monoisotopic (exact) mass is 505 g/mol. The fraction of sp³-hybridized carbons (Fsp3) is 0.222. The molecule has 3 aromatic carbocycles. The third kappa shape index (κ3) is 6.05. The summed E-state index contributed by atoms with van der Waals surface area (Å²) in [4.78, 5) is 12.7. The molecule has 2 N–H and O–H groups in total. The van der Waals surface area contributed by atoms with E-state index in [1.54, 1.807) is 11.8 Å². The van der Waals surface area contributed by atoms with Crippen LogP contribution >= 0.6 is 23.4 Å². The summed E-state index contributed by atoms with van der Waals surface area (Å²) in [6.07, 6.45) is 0.834. The average Bonchev–Trinajstić information content (AvgIpc) is 3.26.